The van der Waals surface area contributed by atoms with Crippen LogP contribution in [0.2, 0.25) is 10.0 Å². The predicted molar refractivity (Wildman–Crippen MR) is 149 cm³/mol. The minimum Gasteiger partial charge on any atom is -0.244 e. The van der Waals surface area contributed by atoms with Gasteiger partial charge in [-0.15, -0.1) is 5.10 Å². The van der Waals surface area contributed by atoms with Crippen molar-refractivity contribution in [2.75, 3.05) is 0 Å². The van der Waals surface area contributed by atoms with Crippen LogP contribution in [-0.4, -0.2) is 19.4 Å². The normalized spacial score (nSPS) is 11.2. The predicted octanol–water partition coefficient (Wildman–Crippen LogP) is 7.25. The van der Waals surface area contributed by atoms with Crippen LogP contribution in [0.15, 0.2) is 114 Å². The molecular weight excluding hydrogens is 503 g/mol. The summed E-state index contributed by atoms with van der Waals surface area (Å²) in [6, 6.07) is 33.3. The minimum atomic E-state index is -0.306. The second-order valence-electron chi connectivity index (χ2n) is 8.69. The van der Waals surface area contributed by atoms with E-state index in [9.17, 15) is 4.79 Å². The monoisotopic (exact) mass is 522 g/mol. The molecule has 37 heavy (non-hydrogen) atoms. The Labute approximate surface area is 223 Å². The third-order valence-corrected chi connectivity index (χ3v) is 6.80. The molecule has 0 bridgehead atoms. The van der Waals surface area contributed by atoms with Crippen molar-refractivity contribution in [3.8, 4) is 33.4 Å². The van der Waals surface area contributed by atoms with E-state index >= 15 is 0 Å². The zero-order chi connectivity index (χ0) is 25.4. The van der Waals surface area contributed by atoms with Gasteiger partial charge in [0.25, 0.3) is 0 Å². The number of aromatic nitrogens is 4. The summed E-state index contributed by atoms with van der Waals surface area (Å²) in [6.07, 6.45) is 1.70. The first-order valence-electron chi connectivity index (χ1n) is 11.7. The van der Waals surface area contributed by atoms with Gasteiger partial charge in [-0.1, -0.05) is 102 Å². The molecule has 5 nitrogen and oxygen atoms in total. The highest BCUT2D eigenvalue weighted by atomic mass is 35.5. The Morgan fingerprint density at radius 1 is 0.649 bits per heavy atom. The lowest BCUT2D eigenvalue weighted by Crippen LogP contribution is -2.22. The van der Waals surface area contributed by atoms with Gasteiger partial charge in [0.1, 0.15) is 0 Å². The van der Waals surface area contributed by atoms with Crippen molar-refractivity contribution in [2.45, 2.75) is 6.54 Å². The number of benzene rings is 4. The molecule has 0 unspecified atom stereocenters. The molecule has 0 fully saturated rings. The van der Waals surface area contributed by atoms with E-state index in [1.807, 2.05) is 78.9 Å². The molecule has 2 aromatic heterocycles. The third kappa shape index (κ3) is 4.55. The van der Waals surface area contributed by atoms with Crippen LogP contribution in [-0.2, 0) is 6.54 Å². The van der Waals surface area contributed by atoms with E-state index in [0.717, 1.165) is 38.9 Å². The molecule has 7 heteroatoms. The fourth-order valence-corrected chi connectivity index (χ4v) is 4.67. The molecule has 6 aromatic rings. The summed E-state index contributed by atoms with van der Waals surface area (Å²) in [5, 5.41) is 10.5. The molecule has 2 heterocycles. The quantitative estimate of drug-likeness (QED) is 0.239. The average Bonchev–Trinajstić information content (AvgIpc) is 3.25. The van der Waals surface area contributed by atoms with E-state index < -0.39 is 0 Å². The molecule has 0 N–H and O–H groups in total. The van der Waals surface area contributed by atoms with Crippen molar-refractivity contribution in [1.29, 1.82) is 0 Å². The van der Waals surface area contributed by atoms with Crippen molar-refractivity contribution in [3.63, 3.8) is 0 Å². The first-order chi connectivity index (χ1) is 18.1. The summed E-state index contributed by atoms with van der Waals surface area (Å²) in [7, 11) is 0. The summed E-state index contributed by atoms with van der Waals surface area (Å²) >= 11 is 12.3. The molecule has 0 saturated carbocycles. The fraction of sp³-hybridized carbons (Fsp3) is 0.0333. The van der Waals surface area contributed by atoms with Crippen LogP contribution in [0.5, 0.6) is 0 Å². The zero-order valence-corrected chi connectivity index (χ0v) is 21.1. The molecule has 0 aliphatic carbocycles. The SMILES string of the molecule is O=c1n(Cc2ccc(-c3ccccc3)cc2)nc2c(-c3ccc(Cl)cc3)c(-c3ccc(Cl)cc3)cnn12. The Kier molecular flexibility index (Phi) is 6.08. The average molecular weight is 523 g/mol. The first-order valence-corrected chi connectivity index (χ1v) is 12.5. The van der Waals surface area contributed by atoms with Gasteiger partial charge in [0.15, 0.2) is 5.65 Å². The molecule has 0 amide bonds. The first kappa shape index (κ1) is 23.2. The largest absolute Gasteiger partial charge is 0.367 e. The van der Waals surface area contributed by atoms with Gasteiger partial charge in [0.05, 0.1) is 12.7 Å². The van der Waals surface area contributed by atoms with E-state index in [1.54, 1.807) is 6.20 Å². The summed E-state index contributed by atoms with van der Waals surface area (Å²) in [5.41, 5.74) is 6.84. The van der Waals surface area contributed by atoms with E-state index in [1.165, 1.54) is 9.20 Å². The highest BCUT2D eigenvalue weighted by molar-refractivity contribution is 6.31. The number of nitrogens with zero attached hydrogens (tertiary/aromatic N) is 4. The van der Waals surface area contributed by atoms with Crippen molar-refractivity contribution >= 4 is 28.8 Å². The number of rotatable bonds is 5. The second kappa shape index (κ2) is 9.69. The summed E-state index contributed by atoms with van der Waals surface area (Å²) in [6.45, 7) is 0.327. The zero-order valence-electron chi connectivity index (χ0n) is 19.6. The fourth-order valence-electron chi connectivity index (χ4n) is 4.42. The second-order valence-corrected chi connectivity index (χ2v) is 9.56. The lowest BCUT2D eigenvalue weighted by atomic mass is 9.97. The molecule has 0 aliphatic heterocycles. The summed E-state index contributed by atoms with van der Waals surface area (Å²) in [5.74, 6) is 0. The van der Waals surface area contributed by atoms with Crippen LogP contribution in [0.4, 0.5) is 0 Å². The van der Waals surface area contributed by atoms with Gasteiger partial charge in [-0.05, 0) is 52.1 Å². The van der Waals surface area contributed by atoms with Gasteiger partial charge >= 0.3 is 5.69 Å². The van der Waals surface area contributed by atoms with Gasteiger partial charge < -0.3 is 0 Å². The van der Waals surface area contributed by atoms with Crippen LogP contribution in [0, 0.1) is 0 Å². The summed E-state index contributed by atoms with van der Waals surface area (Å²) in [4.78, 5) is 13.3. The lowest BCUT2D eigenvalue weighted by molar-refractivity contribution is 0.650. The molecule has 180 valence electrons. The van der Waals surface area contributed by atoms with Crippen molar-refractivity contribution < 1.29 is 0 Å². The van der Waals surface area contributed by atoms with Gasteiger partial charge in [-0.25, -0.2) is 9.48 Å². The maximum atomic E-state index is 13.3. The van der Waals surface area contributed by atoms with E-state index in [2.05, 4.69) is 29.4 Å². The Morgan fingerprint density at radius 3 is 1.86 bits per heavy atom. The smallest absolute Gasteiger partial charge is 0.244 e. The number of fused-ring (bicyclic) bond motifs is 1. The Bertz CT molecular complexity index is 1760. The third-order valence-electron chi connectivity index (χ3n) is 6.29. The number of hydrogen-bond acceptors (Lipinski definition) is 3. The van der Waals surface area contributed by atoms with Crippen molar-refractivity contribution in [1.82, 2.24) is 19.4 Å². The minimum absolute atomic E-state index is 0.306. The van der Waals surface area contributed by atoms with Crippen molar-refractivity contribution in [2.24, 2.45) is 0 Å². The Balaban J connectivity index is 1.45. The highest BCUT2D eigenvalue weighted by Gasteiger charge is 2.19. The van der Waals surface area contributed by atoms with Gasteiger partial charge in [0, 0.05) is 21.2 Å². The molecule has 6 rings (SSSR count). The lowest BCUT2D eigenvalue weighted by Gasteiger charge is -2.11. The number of halogens is 2. The van der Waals surface area contributed by atoms with Gasteiger partial charge in [-0.2, -0.15) is 9.61 Å². The van der Waals surface area contributed by atoms with E-state index in [0.29, 0.717) is 22.2 Å². The molecule has 0 aliphatic rings. The number of hydrogen-bond donors (Lipinski definition) is 0. The van der Waals surface area contributed by atoms with Crippen LogP contribution >= 0.6 is 23.2 Å². The Hall–Kier alpha value is -4.19. The molecule has 4 aromatic carbocycles. The summed E-state index contributed by atoms with van der Waals surface area (Å²) < 4.78 is 2.80. The van der Waals surface area contributed by atoms with E-state index in [-0.39, 0.29) is 5.69 Å². The molecule has 0 atom stereocenters. The van der Waals surface area contributed by atoms with Crippen LogP contribution < -0.4 is 5.69 Å². The Morgan fingerprint density at radius 2 is 1.22 bits per heavy atom. The maximum Gasteiger partial charge on any atom is 0.367 e. The van der Waals surface area contributed by atoms with Crippen LogP contribution in [0.25, 0.3) is 39.0 Å². The van der Waals surface area contributed by atoms with Crippen LogP contribution in [0.1, 0.15) is 5.56 Å². The van der Waals surface area contributed by atoms with E-state index in [4.69, 9.17) is 28.3 Å². The van der Waals surface area contributed by atoms with Gasteiger partial charge in [-0.3, -0.25) is 0 Å². The molecule has 0 spiro atoms. The maximum absolute atomic E-state index is 13.3. The van der Waals surface area contributed by atoms with Crippen LogP contribution in [0.3, 0.4) is 0 Å². The van der Waals surface area contributed by atoms with Gasteiger partial charge in [0.2, 0.25) is 0 Å². The molecular formula is C30H20Cl2N4O. The topological polar surface area (TPSA) is 52.2 Å². The standard InChI is InChI=1S/C30H20Cl2N4O/c31-25-14-10-23(11-15-25)27-18-33-36-29(28(27)24-12-16-26(32)17-13-24)34-35(30(36)37)19-20-6-8-22(9-7-20)21-4-2-1-3-5-21/h1-18H,19H2. The highest BCUT2D eigenvalue weighted by Crippen LogP contribution is 2.35. The van der Waals surface area contributed by atoms with Crippen molar-refractivity contribution in [3.05, 3.63) is 135 Å². The molecule has 0 saturated heterocycles. The molecule has 0 radical (unpaired) electrons.